The van der Waals surface area contributed by atoms with Gasteiger partial charge in [0.2, 0.25) is 0 Å². The van der Waals surface area contributed by atoms with Crippen LogP contribution in [0, 0.1) is 6.92 Å². The van der Waals surface area contributed by atoms with E-state index < -0.39 is 0 Å². The van der Waals surface area contributed by atoms with Gasteiger partial charge < -0.3 is 11.5 Å². The fraction of sp³-hybridized carbons (Fsp3) is 0.561. The lowest BCUT2D eigenvalue weighted by atomic mass is 9.74. The molecule has 0 spiro atoms. The van der Waals surface area contributed by atoms with E-state index in [4.69, 9.17) is 11.5 Å². The Morgan fingerprint density at radius 2 is 0.791 bits per heavy atom. The molecule has 0 heterocycles. The van der Waals surface area contributed by atoms with Crippen LogP contribution in [0.5, 0.6) is 0 Å². The van der Waals surface area contributed by atoms with E-state index in [1.54, 1.807) is 0 Å². The highest BCUT2D eigenvalue weighted by Gasteiger charge is 2.28. The lowest BCUT2D eigenvalue weighted by Gasteiger charge is -2.31. The molecule has 0 aliphatic heterocycles. The van der Waals surface area contributed by atoms with Gasteiger partial charge in [-0.05, 0) is 78.7 Å². The van der Waals surface area contributed by atoms with Gasteiger partial charge in [0.1, 0.15) is 0 Å². The van der Waals surface area contributed by atoms with Crippen LogP contribution in [0.15, 0.2) is 48.5 Å². The highest BCUT2D eigenvalue weighted by molar-refractivity contribution is 5.52. The minimum Gasteiger partial charge on any atom is -0.329 e. The molecule has 236 valence electrons. The maximum Gasteiger partial charge on any atom is 0.0425 e. The summed E-state index contributed by atoms with van der Waals surface area (Å²) in [4.78, 5) is 0. The van der Waals surface area contributed by atoms with Crippen LogP contribution in [0.1, 0.15) is 170 Å². The Kier molecular flexibility index (Phi) is 9.92. The van der Waals surface area contributed by atoms with Crippen LogP contribution >= 0.6 is 0 Å². The predicted octanol–water partition coefficient (Wildman–Crippen LogP) is 10.4. The van der Waals surface area contributed by atoms with Crippen LogP contribution in [0.3, 0.4) is 0 Å². The van der Waals surface area contributed by atoms with Crippen LogP contribution in [0.25, 0.3) is 0 Å². The molecule has 0 aromatic heterocycles. The fourth-order valence-electron chi connectivity index (χ4n) is 6.01. The first-order chi connectivity index (χ1) is 19.4. The number of hydrogen-bond donors (Lipinski definition) is 2. The van der Waals surface area contributed by atoms with Crippen molar-refractivity contribution < 1.29 is 0 Å². The highest BCUT2D eigenvalue weighted by Crippen LogP contribution is 2.41. The number of hydrogen-bond acceptors (Lipinski definition) is 2. The highest BCUT2D eigenvalue weighted by atomic mass is 14.7. The van der Waals surface area contributed by atoms with E-state index in [0.717, 1.165) is 0 Å². The Bertz CT molecular complexity index is 1260. The molecular weight excluding hydrogens is 520 g/mol. The molecular formula is C41H62N2. The summed E-state index contributed by atoms with van der Waals surface area (Å²) in [6.45, 7) is 35.0. The molecule has 0 bridgehead atoms. The molecule has 0 fully saturated rings. The van der Waals surface area contributed by atoms with Crippen molar-refractivity contribution in [2.45, 2.75) is 143 Å². The molecule has 0 saturated carbocycles. The van der Waals surface area contributed by atoms with Gasteiger partial charge >= 0.3 is 0 Å². The van der Waals surface area contributed by atoms with Gasteiger partial charge in [-0.3, -0.25) is 0 Å². The molecule has 2 heteroatoms. The zero-order valence-corrected chi connectivity index (χ0v) is 30.2. The molecule has 4 N–H and O–H groups in total. The van der Waals surface area contributed by atoms with Gasteiger partial charge in [0.05, 0.1) is 0 Å². The Morgan fingerprint density at radius 3 is 1.02 bits per heavy atom. The first-order valence-electron chi connectivity index (χ1n) is 16.4. The summed E-state index contributed by atoms with van der Waals surface area (Å²) in [6, 6.07) is 19.0. The number of nitrogens with two attached hydrogens (primary N) is 2. The Hall–Kier alpha value is -2.42. The molecule has 0 aliphatic rings. The molecule has 1 unspecified atom stereocenters. The normalized spacial score (nSPS) is 15.4. The molecule has 2 nitrogen and oxygen atoms in total. The van der Waals surface area contributed by atoms with Gasteiger partial charge in [-0.1, -0.05) is 151 Å². The van der Waals surface area contributed by atoms with Crippen molar-refractivity contribution in [1.29, 1.82) is 0 Å². The van der Waals surface area contributed by atoms with E-state index in [9.17, 15) is 0 Å². The van der Waals surface area contributed by atoms with Crippen molar-refractivity contribution in [3.8, 4) is 0 Å². The van der Waals surface area contributed by atoms with E-state index >= 15 is 0 Å². The quantitative estimate of drug-likeness (QED) is 0.304. The third-order valence-electron chi connectivity index (χ3n) is 9.32. The van der Waals surface area contributed by atoms with Crippen LogP contribution < -0.4 is 11.5 Å². The number of rotatable bonds is 6. The molecule has 0 radical (unpaired) electrons. The van der Waals surface area contributed by atoms with E-state index in [1.807, 2.05) is 0 Å². The summed E-state index contributed by atoms with van der Waals surface area (Å²) < 4.78 is 0. The van der Waals surface area contributed by atoms with Crippen molar-refractivity contribution in [2.24, 2.45) is 11.5 Å². The van der Waals surface area contributed by atoms with Gasteiger partial charge in [0.25, 0.3) is 0 Å². The van der Waals surface area contributed by atoms with Crippen LogP contribution in [-0.2, 0) is 21.7 Å². The third kappa shape index (κ3) is 8.00. The lowest BCUT2D eigenvalue weighted by Crippen LogP contribution is -2.25. The monoisotopic (exact) mass is 582 g/mol. The van der Waals surface area contributed by atoms with E-state index in [2.05, 4.69) is 152 Å². The summed E-state index contributed by atoms with van der Waals surface area (Å²) in [5, 5.41) is 0. The second kappa shape index (κ2) is 12.2. The summed E-state index contributed by atoms with van der Waals surface area (Å²) >= 11 is 0. The van der Waals surface area contributed by atoms with Gasteiger partial charge in [-0.15, -0.1) is 0 Å². The molecule has 0 aliphatic carbocycles. The molecule has 3 rings (SSSR count). The van der Waals surface area contributed by atoms with Gasteiger partial charge in [-0.2, -0.15) is 0 Å². The average Bonchev–Trinajstić information content (AvgIpc) is 2.88. The van der Waals surface area contributed by atoms with Crippen molar-refractivity contribution in [3.05, 3.63) is 104 Å². The van der Waals surface area contributed by atoms with Crippen molar-refractivity contribution in [1.82, 2.24) is 0 Å². The largest absolute Gasteiger partial charge is 0.329 e. The standard InChI is InChI=1S/C41H62N2/c1-25-16-34(26(2)28-18-30(38(4,5)6)22-31(19-28)39(7,8)9)37(36(43)24-42)35(17-25)27(3)29-20-32(40(10,11)12)23-33(21-29)41(13,14)15/h16-23,26-27,36H,24,42-43H2,1-15H3/t26-,27-,36?/m1/s1. The van der Waals surface area contributed by atoms with Crippen LogP contribution in [-0.4, -0.2) is 6.54 Å². The second-order valence-electron chi connectivity index (χ2n) is 17.3. The van der Waals surface area contributed by atoms with Gasteiger partial charge in [0, 0.05) is 24.4 Å². The maximum atomic E-state index is 6.95. The fourth-order valence-corrected chi connectivity index (χ4v) is 6.01. The van der Waals surface area contributed by atoms with Crippen molar-refractivity contribution in [3.63, 3.8) is 0 Å². The molecule has 3 atom stereocenters. The molecule has 0 saturated heterocycles. The van der Waals surface area contributed by atoms with Gasteiger partial charge in [0.15, 0.2) is 0 Å². The Morgan fingerprint density at radius 1 is 0.512 bits per heavy atom. The Balaban J connectivity index is 2.33. The lowest BCUT2D eigenvalue weighted by molar-refractivity contribution is 0.565. The minimum absolute atomic E-state index is 0.0569. The summed E-state index contributed by atoms with van der Waals surface area (Å²) in [7, 11) is 0. The van der Waals surface area contributed by atoms with E-state index in [1.165, 1.54) is 55.6 Å². The third-order valence-corrected chi connectivity index (χ3v) is 9.32. The smallest absolute Gasteiger partial charge is 0.0425 e. The number of benzene rings is 3. The molecule has 3 aromatic carbocycles. The van der Waals surface area contributed by atoms with E-state index in [-0.39, 0.29) is 39.5 Å². The minimum atomic E-state index is -0.240. The summed E-state index contributed by atoms with van der Waals surface area (Å²) in [5.41, 5.74) is 26.8. The first kappa shape index (κ1) is 35.1. The average molecular weight is 583 g/mol. The van der Waals surface area contributed by atoms with Gasteiger partial charge in [-0.25, -0.2) is 0 Å². The maximum absolute atomic E-state index is 6.95. The molecule has 3 aromatic rings. The van der Waals surface area contributed by atoms with Crippen LogP contribution in [0.4, 0.5) is 0 Å². The molecule has 43 heavy (non-hydrogen) atoms. The van der Waals surface area contributed by atoms with Crippen LogP contribution in [0.2, 0.25) is 0 Å². The first-order valence-corrected chi connectivity index (χ1v) is 16.4. The predicted molar refractivity (Wildman–Crippen MR) is 190 cm³/mol. The SMILES string of the molecule is Cc1cc([C@H](C)c2cc(C(C)(C)C)cc(C(C)(C)C)c2)c(C(N)CN)c([C@H](C)c2cc(C(C)(C)C)cc(C(C)(C)C)c2)c1. The zero-order chi connectivity index (χ0) is 32.9. The van der Waals surface area contributed by atoms with Crippen molar-refractivity contribution in [2.75, 3.05) is 6.54 Å². The summed E-state index contributed by atoms with van der Waals surface area (Å²) in [5.74, 6) is 0.348. The Labute approximate surface area is 265 Å². The topological polar surface area (TPSA) is 52.0 Å². The number of aryl methyl sites for hydroxylation is 1. The van der Waals surface area contributed by atoms with Crippen molar-refractivity contribution >= 4 is 0 Å². The second-order valence-corrected chi connectivity index (χ2v) is 17.3. The zero-order valence-electron chi connectivity index (χ0n) is 30.2. The van der Waals surface area contributed by atoms with E-state index in [0.29, 0.717) is 6.54 Å². The summed E-state index contributed by atoms with van der Waals surface area (Å²) in [6.07, 6.45) is 0. The molecule has 0 amide bonds.